The van der Waals surface area contributed by atoms with Gasteiger partial charge >= 0.3 is 11.9 Å². The number of rotatable bonds is 2. The van der Waals surface area contributed by atoms with Crippen molar-refractivity contribution in [1.29, 1.82) is 0 Å². The molecule has 0 aromatic carbocycles. The normalized spacial score (nSPS) is 14.6. The van der Waals surface area contributed by atoms with Crippen molar-refractivity contribution in [3.05, 3.63) is 22.5 Å². The van der Waals surface area contributed by atoms with E-state index in [1.165, 1.54) is 14.2 Å². The number of aryl methyl sites for hydroxylation is 1. The first kappa shape index (κ1) is 12.7. The summed E-state index contributed by atoms with van der Waals surface area (Å²) in [6.07, 6.45) is 4.88. The topological polar surface area (TPSA) is 68.4 Å². The highest BCUT2D eigenvalue weighted by molar-refractivity contribution is 6.03. The third kappa shape index (κ3) is 2.12. The lowest BCUT2D eigenvalue weighted by Gasteiger charge is -2.04. The monoisotopic (exact) mass is 251 g/mol. The van der Waals surface area contributed by atoms with Gasteiger partial charge in [0, 0.05) is 5.69 Å². The summed E-state index contributed by atoms with van der Waals surface area (Å²) in [5.74, 6) is -1.00. The smallest absolute Gasteiger partial charge is 0.355 e. The van der Waals surface area contributed by atoms with Gasteiger partial charge in [0.2, 0.25) is 0 Å². The molecule has 0 saturated carbocycles. The van der Waals surface area contributed by atoms with E-state index in [0.29, 0.717) is 5.56 Å². The fraction of sp³-hybridized carbons (Fsp3) is 0.538. The van der Waals surface area contributed by atoms with E-state index < -0.39 is 11.9 Å². The average molecular weight is 251 g/mol. The summed E-state index contributed by atoms with van der Waals surface area (Å²) in [7, 11) is 2.62. The van der Waals surface area contributed by atoms with E-state index in [0.717, 1.165) is 43.4 Å². The molecule has 0 radical (unpaired) electrons. The van der Waals surface area contributed by atoms with Crippen LogP contribution in [0.2, 0.25) is 0 Å². The Kier molecular flexibility index (Phi) is 3.69. The Balaban J connectivity index is 2.53. The van der Waals surface area contributed by atoms with Crippen LogP contribution >= 0.6 is 0 Å². The molecule has 0 aliphatic heterocycles. The zero-order valence-corrected chi connectivity index (χ0v) is 10.7. The first-order valence-electron chi connectivity index (χ1n) is 6.09. The molecule has 0 atom stereocenters. The van der Waals surface area contributed by atoms with Crippen LogP contribution in [-0.4, -0.2) is 31.1 Å². The van der Waals surface area contributed by atoms with Gasteiger partial charge in [-0.05, 0) is 31.2 Å². The van der Waals surface area contributed by atoms with Crippen molar-refractivity contribution in [2.45, 2.75) is 32.1 Å². The minimum atomic E-state index is -0.525. The van der Waals surface area contributed by atoms with E-state index >= 15 is 0 Å². The maximum atomic E-state index is 11.8. The molecular formula is C13H17NO4. The number of aromatic nitrogens is 1. The Morgan fingerprint density at radius 2 is 1.67 bits per heavy atom. The number of nitrogens with one attached hydrogen (secondary N) is 1. The number of fused-ring (bicyclic) bond motifs is 1. The third-order valence-electron chi connectivity index (χ3n) is 3.32. The van der Waals surface area contributed by atoms with Crippen molar-refractivity contribution < 1.29 is 19.1 Å². The number of H-pyrrole nitrogens is 1. The van der Waals surface area contributed by atoms with Crippen molar-refractivity contribution in [3.63, 3.8) is 0 Å². The molecule has 0 spiro atoms. The predicted molar refractivity (Wildman–Crippen MR) is 64.7 cm³/mol. The maximum absolute atomic E-state index is 11.8. The van der Waals surface area contributed by atoms with E-state index in [4.69, 9.17) is 9.47 Å². The number of hydrogen-bond acceptors (Lipinski definition) is 4. The van der Waals surface area contributed by atoms with Gasteiger partial charge < -0.3 is 14.5 Å². The van der Waals surface area contributed by atoms with Gasteiger partial charge in [-0.25, -0.2) is 9.59 Å². The van der Waals surface area contributed by atoms with E-state index in [1.807, 2.05) is 0 Å². The quantitative estimate of drug-likeness (QED) is 0.643. The molecule has 0 amide bonds. The van der Waals surface area contributed by atoms with Crippen LogP contribution in [0.3, 0.4) is 0 Å². The molecule has 1 N–H and O–H groups in total. The van der Waals surface area contributed by atoms with Gasteiger partial charge in [-0.3, -0.25) is 0 Å². The molecule has 18 heavy (non-hydrogen) atoms. The van der Waals surface area contributed by atoms with Crippen LogP contribution in [0.1, 0.15) is 51.4 Å². The Morgan fingerprint density at radius 3 is 2.33 bits per heavy atom. The summed E-state index contributed by atoms with van der Waals surface area (Å²) in [6, 6.07) is 0. The molecular weight excluding hydrogens is 234 g/mol. The van der Waals surface area contributed by atoms with Crippen molar-refractivity contribution in [2.75, 3.05) is 14.2 Å². The number of carbonyl (C=O) groups excluding carboxylic acids is 2. The molecule has 1 aromatic heterocycles. The van der Waals surface area contributed by atoms with Crippen LogP contribution in [0.4, 0.5) is 0 Å². The van der Waals surface area contributed by atoms with Gasteiger partial charge in [0.25, 0.3) is 0 Å². The number of ether oxygens (including phenoxy) is 2. The summed E-state index contributed by atoms with van der Waals surface area (Å²) >= 11 is 0. The van der Waals surface area contributed by atoms with E-state index in [9.17, 15) is 9.59 Å². The number of hydrogen-bond donors (Lipinski definition) is 1. The molecule has 98 valence electrons. The Labute approximate surface area is 105 Å². The highest BCUT2D eigenvalue weighted by atomic mass is 16.5. The van der Waals surface area contributed by atoms with Crippen LogP contribution in [0.15, 0.2) is 0 Å². The molecule has 0 bridgehead atoms. The zero-order valence-electron chi connectivity index (χ0n) is 10.7. The van der Waals surface area contributed by atoms with Crippen molar-refractivity contribution in [3.8, 4) is 0 Å². The molecule has 2 rings (SSSR count). The fourth-order valence-electron chi connectivity index (χ4n) is 2.44. The zero-order chi connectivity index (χ0) is 13.1. The summed E-state index contributed by atoms with van der Waals surface area (Å²) in [5.41, 5.74) is 2.45. The number of aromatic amines is 1. The Hall–Kier alpha value is -1.78. The standard InChI is InChI=1S/C13H17NO4/c1-17-12(15)10-8-6-4-3-5-7-9(8)14-11(10)13(16)18-2/h14H,3-7H2,1-2H3. The highest BCUT2D eigenvalue weighted by Crippen LogP contribution is 2.27. The maximum Gasteiger partial charge on any atom is 0.355 e. The van der Waals surface area contributed by atoms with Crippen LogP contribution in [0.25, 0.3) is 0 Å². The fourth-order valence-corrected chi connectivity index (χ4v) is 2.44. The lowest BCUT2D eigenvalue weighted by atomic mass is 10.0. The summed E-state index contributed by atoms with van der Waals surface area (Å²) < 4.78 is 9.47. The molecule has 0 fully saturated rings. The largest absolute Gasteiger partial charge is 0.465 e. The molecule has 1 aliphatic carbocycles. The number of esters is 2. The second-order valence-corrected chi connectivity index (χ2v) is 4.38. The van der Waals surface area contributed by atoms with Crippen molar-refractivity contribution in [1.82, 2.24) is 4.98 Å². The molecule has 5 heteroatoms. The lowest BCUT2D eigenvalue weighted by Crippen LogP contribution is -2.12. The van der Waals surface area contributed by atoms with E-state index in [-0.39, 0.29) is 5.69 Å². The summed E-state index contributed by atoms with van der Waals surface area (Å²) in [4.78, 5) is 26.6. The van der Waals surface area contributed by atoms with Crippen molar-refractivity contribution in [2.24, 2.45) is 0 Å². The average Bonchev–Trinajstić information content (AvgIpc) is 2.60. The van der Waals surface area contributed by atoms with Gasteiger partial charge in [-0.1, -0.05) is 6.42 Å². The molecule has 1 aromatic rings. The summed E-state index contributed by atoms with van der Waals surface area (Å²) in [5, 5.41) is 0. The van der Waals surface area contributed by atoms with Crippen LogP contribution in [0, 0.1) is 0 Å². The van der Waals surface area contributed by atoms with Gasteiger partial charge in [-0.15, -0.1) is 0 Å². The molecule has 1 aliphatic rings. The molecule has 0 unspecified atom stereocenters. The second-order valence-electron chi connectivity index (χ2n) is 4.38. The van der Waals surface area contributed by atoms with Crippen LogP contribution in [0.5, 0.6) is 0 Å². The molecule has 1 heterocycles. The van der Waals surface area contributed by atoms with Crippen LogP contribution in [-0.2, 0) is 22.3 Å². The number of methoxy groups -OCH3 is 2. The van der Waals surface area contributed by atoms with Crippen molar-refractivity contribution >= 4 is 11.9 Å². The Bertz CT molecular complexity index is 476. The Morgan fingerprint density at radius 1 is 1.00 bits per heavy atom. The second kappa shape index (κ2) is 5.25. The van der Waals surface area contributed by atoms with E-state index in [2.05, 4.69) is 4.98 Å². The minimum absolute atomic E-state index is 0.219. The minimum Gasteiger partial charge on any atom is -0.465 e. The lowest BCUT2D eigenvalue weighted by molar-refractivity contribution is 0.0551. The highest BCUT2D eigenvalue weighted by Gasteiger charge is 2.28. The summed E-state index contributed by atoms with van der Waals surface area (Å²) in [6.45, 7) is 0. The number of carbonyl (C=O) groups is 2. The SMILES string of the molecule is COC(=O)c1[nH]c2c(c1C(=O)OC)CCCCC2. The van der Waals surface area contributed by atoms with Gasteiger partial charge in [0.15, 0.2) is 0 Å². The van der Waals surface area contributed by atoms with E-state index in [1.54, 1.807) is 0 Å². The van der Waals surface area contributed by atoms with Gasteiger partial charge in [0.05, 0.1) is 19.8 Å². The first-order chi connectivity index (χ1) is 8.69. The van der Waals surface area contributed by atoms with Crippen LogP contribution < -0.4 is 0 Å². The third-order valence-corrected chi connectivity index (χ3v) is 3.32. The first-order valence-corrected chi connectivity index (χ1v) is 6.09. The predicted octanol–water partition coefficient (Wildman–Crippen LogP) is 1.86. The van der Waals surface area contributed by atoms with Gasteiger partial charge in [0.1, 0.15) is 5.69 Å². The van der Waals surface area contributed by atoms with Gasteiger partial charge in [-0.2, -0.15) is 0 Å². The molecule has 5 nitrogen and oxygen atoms in total. The molecule has 0 saturated heterocycles.